The molecule has 4 rings (SSSR count). The molecule has 34 heavy (non-hydrogen) atoms. The molecule has 1 aromatic heterocycles. The summed E-state index contributed by atoms with van der Waals surface area (Å²) in [7, 11) is 0. The van der Waals surface area contributed by atoms with Gasteiger partial charge in [0.15, 0.2) is 0 Å². The molecule has 174 valence electrons. The second-order valence-electron chi connectivity index (χ2n) is 8.02. The van der Waals surface area contributed by atoms with Gasteiger partial charge in [0.2, 0.25) is 0 Å². The van der Waals surface area contributed by atoms with E-state index in [2.05, 4.69) is 28.6 Å². The van der Waals surface area contributed by atoms with Crippen LogP contribution >= 0.6 is 11.6 Å². The number of hydrogen-bond donors (Lipinski definition) is 1. The van der Waals surface area contributed by atoms with Crippen LogP contribution < -0.4 is 10.1 Å². The zero-order valence-electron chi connectivity index (χ0n) is 19.0. The maximum atomic E-state index is 12.6. The number of aryl methyl sites for hydroxylation is 1. The van der Waals surface area contributed by atoms with Gasteiger partial charge in [0.1, 0.15) is 11.6 Å². The third-order valence-corrected chi connectivity index (χ3v) is 5.83. The van der Waals surface area contributed by atoms with Crippen molar-refractivity contribution in [1.29, 1.82) is 0 Å². The molecule has 5 nitrogen and oxygen atoms in total. The van der Waals surface area contributed by atoms with Crippen LogP contribution in [-0.4, -0.2) is 22.1 Å². The van der Waals surface area contributed by atoms with Crippen LogP contribution in [0.15, 0.2) is 85.5 Å². The molecule has 1 heterocycles. The van der Waals surface area contributed by atoms with E-state index in [0.717, 1.165) is 54.0 Å². The molecule has 0 bridgehead atoms. The van der Waals surface area contributed by atoms with E-state index >= 15 is 0 Å². The van der Waals surface area contributed by atoms with Crippen LogP contribution in [0.3, 0.4) is 0 Å². The first kappa shape index (κ1) is 23.6. The molecule has 0 spiro atoms. The molecule has 0 aliphatic rings. The van der Waals surface area contributed by atoms with Crippen molar-refractivity contribution in [2.24, 2.45) is 0 Å². The number of carbonyl (C=O) groups is 1. The number of para-hydroxylation sites is 3. The van der Waals surface area contributed by atoms with Gasteiger partial charge in [-0.15, -0.1) is 6.58 Å². The van der Waals surface area contributed by atoms with Crippen LogP contribution in [0.1, 0.15) is 34.6 Å². The Balaban J connectivity index is 1.37. The highest BCUT2D eigenvalue weighted by Gasteiger charge is 2.13. The molecule has 1 amide bonds. The Hall–Kier alpha value is -3.57. The monoisotopic (exact) mass is 473 g/mol. The van der Waals surface area contributed by atoms with E-state index in [1.165, 1.54) is 0 Å². The van der Waals surface area contributed by atoms with Gasteiger partial charge in [0.05, 0.1) is 24.2 Å². The van der Waals surface area contributed by atoms with E-state index in [9.17, 15) is 4.79 Å². The molecule has 3 aromatic carbocycles. The molecular weight excluding hydrogens is 446 g/mol. The minimum Gasteiger partial charge on any atom is -0.493 e. The maximum absolute atomic E-state index is 12.6. The first-order valence-corrected chi connectivity index (χ1v) is 11.8. The molecule has 0 saturated heterocycles. The number of hydrogen-bond acceptors (Lipinski definition) is 3. The Bertz CT molecular complexity index is 1280. The number of benzene rings is 3. The summed E-state index contributed by atoms with van der Waals surface area (Å²) in [5, 5.41) is 3.51. The maximum Gasteiger partial charge on any atom is 0.251 e. The molecule has 0 unspecified atom stereocenters. The predicted molar refractivity (Wildman–Crippen MR) is 137 cm³/mol. The molecule has 0 aliphatic heterocycles. The van der Waals surface area contributed by atoms with E-state index in [-0.39, 0.29) is 5.91 Å². The van der Waals surface area contributed by atoms with Gasteiger partial charge >= 0.3 is 0 Å². The Morgan fingerprint density at radius 3 is 2.74 bits per heavy atom. The van der Waals surface area contributed by atoms with Gasteiger partial charge in [0.25, 0.3) is 5.91 Å². The van der Waals surface area contributed by atoms with Crippen molar-refractivity contribution in [1.82, 2.24) is 14.9 Å². The number of nitrogens with one attached hydrogen (secondary N) is 1. The van der Waals surface area contributed by atoms with Gasteiger partial charge < -0.3 is 14.6 Å². The normalized spacial score (nSPS) is 10.9. The number of unbranched alkanes of at least 4 members (excludes halogenated alkanes) is 1. The highest BCUT2D eigenvalue weighted by molar-refractivity contribution is 6.30. The SMILES string of the molecule is C=CCc1ccccc1OCCCCn1c(CNC(=O)c2cccc(Cl)c2)nc2ccccc21. The second kappa shape index (κ2) is 11.5. The summed E-state index contributed by atoms with van der Waals surface area (Å²) in [5.74, 6) is 1.57. The number of fused-ring (bicyclic) bond motifs is 1. The van der Waals surface area contributed by atoms with E-state index in [4.69, 9.17) is 21.3 Å². The summed E-state index contributed by atoms with van der Waals surface area (Å²) in [5.41, 5.74) is 3.66. The largest absolute Gasteiger partial charge is 0.493 e. The lowest BCUT2D eigenvalue weighted by molar-refractivity contribution is 0.0949. The van der Waals surface area contributed by atoms with E-state index in [1.807, 2.05) is 42.5 Å². The molecule has 4 aromatic rings. The number of rotatable bonds is 11. The fourth-order valence-corrected chi connectivity index (χ4v) is 4.11. The van der Waals surface area contributed by atoms with Gasteiger partial charge in [-0.05, 0) is 61.2 Å². The van der Waals surface area contributed by atoms with Gasteiger partial charge in [-0.25, -0.2) is 4.98 Å². The standard InChI is InChI=1S/C28H28ClN3O2/c1-2-10-21-11-3-6-16-26(21)34-18-8-7-17-32-25-15-5-4-14-24(25)31-27(32)20-30-28(33)22-12-9-13-23(29)19-22/h2-6,9,11-16,19H,1,7-8,10,17-18,20H2,(H,30,33). The van der Waals surface area contributed by atoms with Crippen molar-refractivity contribution >= 4 is 28.5 Å². The summed E-state index contributed by atoms with van der Waals surface area (Å²) in [6, 6.07) is 23.0. The molecule has 0 aliphatic carbocycles. The fourth-order valence-electron chi connectivity index (χ4n) is 3.92. The highest BCUT2D eigenvalue weighted by Crippen LogP contribution is 2.20. The van der Waals surface area contributed by atoms with Crippen LogP contribution in [0.5, 0.6) is 5.75 Å². The zero-order chi connectivity index (χ0) is 23.8. The van der Waals surface area contributed by atoms with Crippen LogP contribution in [0.25, 0.3) is 11.0 Å². The zero-order valence-corrected chi connectivity index (χ0v) is 19.8. The lowest BCUT2D eigenvalue weighted by atomic mass is 10.1. The molecule has 6 heteroatoms. The Morgan fingerprint density at radius 2 is 1.88 bits per heavy atom. The summed E-state index contributed by atoms with van der Waals surface area (Å²) in [6.45, 7) is 5.59. The first-order valence-electron chi connectivity index (χ1n) is 11.4. The Labute approximate surface area is 205 Å². The number of allylic oxidation sites excluding steroid dienone is 1. The smallest absolute Gasteiger partial charge is 0.251 e. The van der Waals surface area contributed by atoms with Gasteiger partial charge in [0, 0.05) is 17.1 Å². The van der Waals surface area contributed by atoms with E-state index in [1.54, 1.807) is 24.3 Å². The van der Waals surface area contributed by atoms with E-state index < -0.39 is 0 Å². The highest BCUT2D eigenvalue weighted by atomic mass is 35.5. The topological polar surface area (TPSA) is 56.1 Å². The summed E-state index contributed by atoms with van der Waals surface area (Å²) < 4.78 is 8.20. The number of carbonyl (C=O) groups excluding carboxylic acids is 1. The average molecular weight is 474 g/mol. The van der Waals surface area contributed by atoms with Crippen LogP contribution in [-0.2, 0) is 19.5 Å². The Kier molecular flexibility index (Phi) is 7.99. The van der Waals surface area contributed by atoms with Gasteiger partial charge in [-0.2, -0.15) is 0 Å². The quantitative estimate of drug-likeness (QED) is 0.208. The predicted octanol–water partition coefficient (Wildman–Crippen LogP) is 6.21. The number of aromatic nitrogens is 2. The van der Waals surface area contributed by atoms with Crippen molar-refractivity contribution in [3.8, 4) is 5.75 Å². The molecule has 0 radical (unpaired) electrons. The number of nitrogens with zero attached hydrogens (tertiary/aromatic N) is 2. The van der Waals surface area contributed by atoms with Crippen LogP contribution in [0.2, 0.25) is 5.02 Å². The minimum absolute atomic E-state index is 0.173. The van der Waals surface area contributed by atoms with Crippen LogP contribution in [0.4, 0.5) is 0 Å². The van der Waals surface area contributed by atoms with Crippen molar-refractivity contribution < 1.29 is 9.53 Å². The average Bonchev–Trinajstić information content (AvgIpc) is 3.21. The third kappa shape index (κ3) is 5.86. The number of amides is 1. The molecule has 1 N–H and O–H groups in total. The van der Waals surface area contributed by atoms with Crippen LogP contribution in [0, 0.1) is 0 Å². The fraction of sp³-hybridized carbons (Fsp3) is 0.214. The molecule has 0 fully saturated rings. The van der Waals surface area contributed by atoms with Gasteiger partial charge in [-0.1, -0.05) is 54.1 Å². The number of ether oxygens (including phenoxy) is 1. The Morgan fingerprint density at radius 1 is 1.06 bits per heavy atom. The van der Waals surface area contributed by atoms with Gasteiger partial charge in [-0.3, -0.25) is 4.79 Å². The molecule has 0 saturated carbocycles. The molecular formula is C28H28ClN3O2. The van der Waals surface area contributed by atoms with Crippen molar-refractivity contribution in [3.05, 3.63) is 107 Å². The lowest BCUT2D eigenvalue weighted by Crippen LogP contribution is -2.24. The molecule has 0 atom stereocenters. The number of imidazole rings is 1. The third-order valence-electron chi connectivity index (χ3n) is 5.60. The summed E-state index contributed by atoms with van der Waals surface area (Å²) >= 11 is 6.02. The lowest BCUT2D eigenvalue weighted by Gasteiger charge is -2.12. The first-order chi connectivity index (χ1) is 16.7. The second-order valence-corrected chi connectivity index (χ2v) is 8.45. The summed E-state index contributed by atoms with van der Waals surface area (Å²) in [4.78, 5) is 17.3. The number of halogens is 1. The van der Waals surface area contributed by atoms with E-state index in [0.29, 0.717) is 23.7 Å². The summed E-state index contributed by atoms with van der Waals surface area (Å²) in [6.07, 6.45) is 4.52. The van der Waals surface area contributed by atoms with Crippen molar-refractivity contribution in [2.75, 3.05) is 6.61 Å². The van der Waals surface area contributed by atoms with Crippen molar-refractivity contribution in [2.45, 2.75) is 32.4 Å². The minimum atomic E-state index is -0.173. The van der Waals surface area contributed by atoms with Crippen molar-refractivity contribution in [3.63, 3.8) is 0 Å².